The van der Waals surface area contributed by atoms with E-state index in [-0.39, 0.29) is 30.5 Å². The molecular weight excluding hydrogens is 497 g/mol. The van der Waals surface area contributed by atoms with Crippen LogP contribution in [-0.2, 0) is 10.2 Å². The summed E-state index contributed by atoms with van der Waals surface area (Å²) in [5.74, 6) is -0.943. The molecule has 6 nitrogen and oxygen atoms in total. The second-order valence-electron chi connectivity index (χ2n) is 10.9. The smallest absolute Gasteiger partial charge is 0.327 e. The van der Waals surface area contributed by atoms with Crippen LogP contribution >= 0.6 is 23.2 Å². The first-order valence-electron chi connectivity index (χ1n) is 12.2. The van der Waals surface area contributed by atoms with Crippen molar-refractivity contribution < 1.29 is 14.7 Å². The zero-order valence-electron chi connectivity index (χ0n) is 20.7. The molecule has 4 atom stereocenters. The average molecular weight is 528 g/mol. The number of hydrogen-bond donors (Lipinski definition) is 1. The third-order valence-electron chi connectivity index (χ3n) is 7.25. The maximum atomic E-state index is 13.9. The molecule has 4 rings (SSSR count). The summed E-state index contributed by atoms with van der Waals surface area (Å²) in [6.07, 6.45) is 1.53. The standard InChI is InChI=1S/C28H31Cl2N3O3/c1-27(2,3)16-22-28(17-31,19-9-11-20(29)12-10-19)23(18-7-6-8-21(30)15-18)24-25(35)32(13-4-5-14-34)26(36)33(22)24/h6-12,15,22-24,34H,4-5,13-14,16H2,1-3H3/t22-,23-,24+,28-/m0/s1. The lowest BCUT2D eigenvalue weighted by molar-refractivity contribution is -0.128. The zero-order valence-corrected chi connectivity index (χ0v) is 22.3. The highest BCUT2D eigenvalue weighted by atomic mass is 35.5. The molecule has 2 aliphatic rings. The van der Waals surface area contributed by atoms with Crippen molar-refractivity contribution in [2.75, 3.05) is 13.2 Å². The van der Waals surface area contributed by atoms with E-state index >= 15 is 0 Å². The van der Waals surface area contributed by atoms with Gasteiger partial charge in [-0.25, -0.2) is 4.79 Å². The predicted molar refractivity (Wildman–Crippen MR) is 140 cm³/mol. The van der Waals surface area contributed by atoms with Gasteiger partial charge in [0.2, 0.25) is 0 Å². The Morgan fingerprint density at radius 2 is 1.75 bits per heavy atom. The molecule has 36 heavy (non-hydrogen) atoms. The zero-order chi connectivity index (χ0) is 26.3. The van der Waals surface area contributed by atoms with Crippen LogP contribution in [0, 0.1) is 16.7 Å². The monoisotopic (exact) mass is 527 g/mol. The number of aliphatic hydroxyl groups excluding tert-OH is 1. The first-order valence-corrected chi connectivity index (χ1v) is 13.0. The van der Waals surface area contributed by atoms with Crippen LogP contribution in [0.3, 0.4) is 0 Å². The molecule has 0 bridgehead atoms. The molecule has 0 aliphatic carbocycles. The maximum Gasteiger partial charge on any atom is 0.327 e. The number of rotatable bonds is 7. The molecule has 0 aromatic heterocycles. The third-order valence-corrected chi connectivity index (χ3v) is 7.74. The highest BCUT2D eigenvalue weighted by Gasteiger charge is 2.68. The third kappa shape index (κ3) is 4.49. The molecule has 2 saturated heterocycles. The van der Waals surface area contributed by atoms with Gasteiger partial charge in [-0.3, -0.25) is 9.69 Å². The largest absolute Gasteiger partial charge is 0.396 e. The van der Waals surface area contributed by atoms with E-state index in [2.05, 4.69) is 26.8 Å². The van der Waals surface area contributed by atoms with Crippen LogP contribution < -0.4 is 0 Å². The van der Waals surface area contributed by atoms with Crippen molar-refractivity contribution in [1.82, 2.24) is 9.80 Å². The summed E-state index contributed by atoms with van der Waals surface area (Å²) in [7, 11) is 0. The second-order valence-corrected chi connectivity index (χ2v) is 11.7. The van der Waals surface area contributed by atoms with Gasteiger partial charge in [0.15, 0.2) is 0 Å². The number of nitriles is 1. The molecule has 0 saturated carbocycles. The summed E-state index contributed by atoms with van der Waals surface area (Å²) >= 11 is 12.6. The minimum atomic E-state index is -1.20. The van der Waals surface area contributed by atoms with Gasteiger partial charge < -0.3 is 10.0 Å². The lowest BCUT2D eigenvalue weighted by atomic mass is 9.62. The van der Waals surface area contributed by atoms with E-state index in [9.17, 15) is 20.0 Å². The molecule has 0 spiro atoms. The molecule has 1 N–H and O–H groups in total. The summed E-state index contributed by atoms with van der Waals surface area (Å²) in [5, 5.41) is 21.2. The first kappa shape index (κ1) is 26.5. The average Bonchev–Trinajstić information content (AvgIpc) is 3.23. The topological polar surface area (TPSA) is 84.6 Å². The summed E-state index contributed by atoms with van der Waals surface area (Å²) in [4.78, 5) is 30.7. The number of halogens is 2. The van der Waals surface area contributed by atoms with Gasteiger partial charge >= 0.3 is 6.03 Å². The number of unbranched alkanes of at least 4 members (excludes halogenated alkanes) is 1. The van der Waals surface area contributed by atoms with E-state index in [1.54, 1.807) is 29.2 Å². The molecule has 3 amide bonds. The molecule has 190 valence electrons. The number of benzene rings is 2. The van der Waals surface area contributed by atoms with E-state index in [4.69, 9.17) is 23.2 Å². The van der Waals surface area contributed by atoms with Crippen LogP contribution in [0.4, 0.5) is 4.79 Å². The minimum Gasteiger partial charge on any atom is -0.396 e. The van der Waals surface area contributed by atoms with Crippen molar-refractivity contribution in [1.29, 1.82) is 5.26 Å². The van der Waals surface area contributed by atoms with E-state index in [0.717, 1.165) is 11.1 Å². The number of carbonyl (C=O) groups is 2. The summed E-state index contributed by atoms with van der Waals surface area (Å²) in [5.41, 5.74) is 0.0234. The Labute approximate surface area is 222 Å². The number of hydrogen-bond acceptors (Lipinski definition) is 4. The molecular formula is C28H31Cl2N3O3. The number of amides is 3. The number of urea groups is 1. The second kappa shape index (κ2) is 10.0. The maximum absolute atomic E-state index is 13.9. The van der Waals surface area contributed by atoms with E-state index in [1.807, 2.05) is 24.3 Å². The molecule has 2 aromatic rings. The highest BCUT2D eigenvalue weighted by Crippen LogP contribution is 2.57. The Hall–Kier alpha value is -2.59. The number of carbonyl (C=O) groups excluding carboxylic acids is 2. The van der Waals surface area contributed by atoms with Crippen molar-refractivity contribution in [2.24, 2.45) is 5.41 Å². The molecule has 2 fully saturated rings. The Morgan fingerprint density at radius 3 is 2.33 bits per heavy atom. The van der Waals surface area contributed by atoms with Gasteiger partial charge in [0, 0.05) is 29.1 Å². The Bertz CT molecular complexity index is 1190. The van der Waals surface area contributed by atoms with Gasteiger partial charge in [0.1, 0.15) is 11.5 Å². The molecule has 2 aliphatic heterocycles. The molecule has 0 unspecified atom stereocenters. The Morgan fingerprint density at radius 1 is 1.06 bits per heavy atom. The van der Waals surface area contributed by atoms with E-state index in [0.29, 0.717) is 29.3 Å². The van der Waals surface area contributed by atoms with Gasteiger partial charge in [-0.15, -0.1) is 0 Å². The van der Waals surface area contributed by atoms with Crippen molar-refractivity contribution in [2.45, 2.75) is 63.5 Å². The van der Waals surface area contributed by atoms with Gasteiger partial charge in [-0.1, -0.05) is 68.2 Å². The van der Waals surface area contributed by atoms with Gasteiger partial charge in [0.05, 0.1) is 12.1 Å². The Kier molecular flexibility index (Phi) is 7.39. The fourth-order valence-electron chi connectivity index (χ4n) is 5.82. The minimum absolute atomic E-state index is 0.00470. The molecule has 2 heterocycles. The van der Waals surface area contributed by atoms with Crippen molar-refractivity contribution in [3.8, 4) is 6.07 Å². The number of nitrogens with zero attached hydrogens (tertiary/aromatic N) is 3. The highest BCUT2D eigenvalue weighted by molar-refractivity contribution is 6.30. The summed E-state index contributed by atoms with van der Waals surface area (Å²) in [6.45, 7) is 6.44. The molecule has 2 aromatic carbocycles. The number of imide groups is 1. The van der Waals surface area contributed by atoms with Crippen molar-refractivity contribution in [3.63, 3.8) is 0 Å². The predicted octanol–water partition coefficient (Wildman–Crippen LogP) is 5.76. The lowest BCUT2D eigenvalue weighted by Crippen LogP contribution is -2.49. The van der Waals surface area contributed by atoms with Gasteiger partial charge in [-0.2, -0.15) is 5.26 Å². The van der Waals surface area contributed by atoms with Gasteiger partial charge in [0.25, 0.3) is 5.91 Å². The van der Waals surface area contributed by atoms with Crippen LogP contribution in [0.5, 0.6) is 0 Å². The lowest BCUT2D eigenvalue weighted by Gasteiger charge is -2.39. The van der Waals surface area contributed by atoms with Crippen LogP contribution in [-0.4, -0.2) is 52.1 Å². The van der Waals surface area contributed by atoms with Crippen LogP contribution in [0.25, 0.3) is 0 Å². The van der Waals surface area contributed by atoms with Crippen LogP contribution in [0.15, 0.2) is 48.5 Å². The SMILES string of the molecule is CC(C)(C)C[C@@H]1N2C(=O)N(CCCCO)C(=O)[C@H]2[C@H](c2cccc(Cl)c2)[C@@]1(C#N)c1ccc(Cl)cc1. The fraction of sp³-hybridized carbons (Fsp3) is 0.464. The van der Waals surface area contributed by atoms with E-state index in [1.165, 1.54) is 4.90 Å². The summed E-state index contributed by atoms with van der Waals surface area (Å²) < 4.78 is 0. The van der Waals surface area contributed by atoms with Gasteiger partial charge in [-0.05, 0) is 60.1 Å². The molecule has 8 heteroatoms. The normalized spacial score (nSPS) is 25.9. The van der Waals surface area contributed by atoms with Crippen LogP contribution in [0.2, 0.25) is 10.0 Å². The first-order chi connectivity index (χ1) is 17.0. The fourth-order valence-corrected chi connectivity index (χ4v) is 6.14. The summed E-state index contributed by atoms with van der Waals surface area (Å²) in [6, 6.07) is 15.2. The number of aliphatic hydroxyl groups is 1. The van der Waals surface area contributed by atoms with E-state index < -0.39 is 23.4 Å². The quantitative estimate of drug-likeness (QED) is 0.366. The van der Waals surface area contributed by atoms with Crippen LogP contribution in [0.1, 0.15) is 57.1 Å². The van der Waals surface area contributed by atoms with Crippen molar-refractivity contribution in [3.05, 3.63) is 69.7 Å². The Balaban J connectivity index is 1.96. The molecule has 0 radical (unpaired) electrons. The van der Waals surface area contributed by atoms with Crippen molar-refractivity contribution >= 4 is 35.1 Å². The number of fused-ring (bicyclic) bond motifs is 1.